The molecule has 0 saturated carbocycles. The van der Waals surface area contributed by atoms with E-state index in [0.29, 0.717) is 24.2 Å². The van der Waals surface area contributed by atoms with Crippen LogP contribution in [0.25, 0.3) is 6.08 Å². The standard InChI is InChI=1S/C22H24N2O3/c25-21(26)17-19-10-4-5-11-20(19)22(27)24-15-13-23(14-16-24)12-6-9-18-7-2-1-3-8-18/h1-11H,12-17H2,(H,25,26)/b9-6+. The van der Waals surface area contributed by atoms with Gasteiger partial charge < -0.3 is 10.0 Å². The molecule has 1 heterocycles. The maximum atomic E-state index is 12.8. The van der Waals surface area contributed by atoms with Crippen LogP contribution in [0.5, 0.6) is 0 Å². The molecule has 1 fully saturated rings. The number of carbonyl (C=O) groups excluding carboxylic acids is 1. The summed E-state index contributed by atoms with van der Waals surface area (Å²) in [4.78, 5) is 28.0. The minimum Gasteiger partial charge on any atom is -0.481 e. The number of carbonyl (C=O) groups is 2. The molecule has 5 heteroatoms. The van der Waals surface area contributed by atoms with E-state index in [1.165, 1.54) is 5.56 Å². The molecule has 0 unspecified atom stereocenters. The molecule has 5 nitrogen and oxygen atoms in total. The van der Waals surface area contributed by atoms with Crippen molar-refractivity contribution in [3.63, 3.8) is 0 Å². The monoisotopic (exact) mass is 364 g/mol. The molecule has 0 radical (unpaired) electrons. The topological polar surface area (TPSA) is 60.9 Å². The van der Waals surface area contributed by atoms with Crippen LogP contribution in [-0.4, -0.2) is 59.5 Å². The van der Waals surface area contributed by atoms with Crippen molar-refractivity contribution in [2.24, 2.45) is 0 Å². The Morgan fingerprint density at radius 3 is 2.30 bits per heavy atom. The first-order valence-corrected chi connectivity index (χ1v) is 9.16. The molecule has 0 aromatic heterocycles. The zero-order chi connectivity index (χ0) is 19.1. The second kappa shape index (κ2) is 9.14. The smallest absolute Gasteiger partial charge is 0.307 e. The van der Waals surface area contributed by atoms with Gasteiger partial charge in [0.2, 0.25) is 0 Å². The Morgan fingerprint density at radius 2 is 1.59 bits per heavy atom. The van der Waals surface area contributed by atoms with Crippen LogP contribution >= 0.6 is 0 Å². The van der Waals surface area contributed by atoms with Gasteiger partial charge in [-0.3, -0.25) is 14.5 Å². The van der Waals surface area contributed by atoms with Gasteiger partial charge in [0, 0.05) is 38.3 Å². The molecule has 1 aliphatic rings. The molecule has 3 rings (SSSR count). The molecule has 0 bridgehead atoms. The SMILES string of the molecule is O=C(O)Cc1ccccc1C(=O)N1CCN(C/C=C/c2ccccc2)CC1. The predicted molar refractivity (Wildman–Crippen MR) is 106 cm³/mol. The first-order chi connectivity index (χ1) is 13.1. The molecule has 1 amide bonds. The highest BCUT2D eigenvalue weighted by Gasteiger charge is 2.23. The number of piperazine rings is 1. The zero-order valence-corrected chi connectivity index (χ0v) is 15.3. The molecule has 140 valence electrons. The normalized spacial score (nSPS) is 15.2. The number of nitrogens with zero attached hydrogens (tertiary/aromatic N) is 2. The summed E-state index contributed by atoms with van der Waals surface area (Å²) in [5, 5.41) is 9.04. The highest BCUT2D eigenvalue weighted by molar-refractivity contribution is 5.96. The largest absolute Gasteiger partial charge is 0.481 e. The van der Waals surface area contributed by atoms with Crippen molar-refractivity contribution in [1.82, 2.24) is 9.80 Å². The van der Waals surface area contributed by atoms with E-state index in [1.807, 2.05) is 23.1 Å². The second-order valence-corrected chi connectivity index (χ2v) is 6.63. The number of amides is 1. The van der Waals surface area contributed by atoms with E-state index in [9.17, 15) is 9.59 Å². The van der Waals surface area contributed by atoms with Gasteiger partial charge in [0.1, 0.15) is 0 Å². The number of benzene rings is 2. The summed E-state index contributed by atoms with van der Waals surface area (Å²) in [5.74, 6) is -1.00. The van der Waals surface area contributed by atoms with E-state index in [-0.39, 0.29) is 12.3 Å². The van der Waals surface area contributed by atoms with Crippen molar-refractivity contribution in [2.75, 3.05) is 32.7 Å². The average Bonchev–Trinajstić information content (AvgIpc) is 2.69. The van der Waals surface area contributed by atoms with Crippen LogP contribution in [-0.2, 0) is 11.2 Å². The van der Waals surface area contributed by atoms with E-state index in [2.05, 4.69) is 29.2 Å². The third-order valence-electron chi connectivity index (χ3n) is 4.72. The Kier molecular flexibility index (Phi) is 6.39. The van der Waals surface area contributed by atoms with E-state index >= 15 is 0 Å². The first-order valence-electron chi connectivity index (χ1n) is 9.16. The van der Waals surface area contributed by atoms with Gasteiger partial charge in [0.05, 0.1) is 6.42 Å². The fourth-order valence-corrected chi connectivity index (χ4v) is 3.25. The van der Waals surface area contributed by atoms with Crippen molar-refractivity contribution >= 4 is 18.0 Å². The number of aliphatic carboxylic acids is 1. The van der Waals surface area contributed by atoms with E-state index in [4.69, 9.17) is 5.11 Å². The van der Waals surface area contributed by atoms with Gasteiger partial charge in [0.25, 0.3) is 5.91 Å². The molecule has 1 aliphatic heterocycles. The third-order valence-corrected chi connectivity index (χ3v) is 4.72. The predicted octanol–water partition coefficient (Wildman–Crippen LogP) is 2.78. The molecule has 2 aromatic carbocycles. The van der Waals surface area contributed by atoms with Gasteiger partial charge >= 0.3 is 5.97 Å². The van der Waals surface area contributed by atoms with Crippen molar-refractivity contribution in [1.29, 1.82) is 0 Å². The third kappa shape index (κ3) is 5.28. The van der Waals surface area contributed by atoms with Gasteiger partial charge in [-0.1, -0.05) is 60.7 Å². The van der Waals surface area contributed by atoms with Gasteiger partial charge in [-0.2, -0.15) is 0 Å². The van der Waals surface area contributed by atoms with Crippen LogP contribution in [0.4, 0.5) is 0 Å². The highest BCUT2D eigenvalue weighted by Crippen LogP contribution is 2.15. The Morgan fingerprint density at radius 1 is 0.926 bits per heavy atom. The van der Waals surface area contributed by atoms with Gasteiger partial charge in [-0.05, 0) is 17.2 Å². The number of hydrogen-bond acceptors (Lipinski definition) is 3. The summed E-state index contributed by atoms with van der Waals surface area (Å²) < 4.78 is 0. The lowest BCUT2D eigenvalue weighted by molar-refractivity contribution is -0.136. The van der Waals surface area contributed by atoms with Crippen LogP contribution in [0.2, 0.25) is 0 Å². The quantitative estimate of drug-likeness (QED) is 0.856. The molecular weight excluding hydrogens is 340 g/mol. The molecule has 0 spiro atoms. The number of carboxylic acids is 1. The van der Waals surface area contributed by atoms with E-state index in [0.717, 1.165) is 19.6 Å². The van der Waals surface area contributed by atoms with Crippen LogP contribution in [0, 0.1) is 0 Å². The van der Waals surface area contributed by atoms with Crippen molar-refractivity contribution in [3.05, 3.63) is 77.4 Å². The Bertz CT molecular complexity index is 809. The summed E-state index contributed by atoms with van der Waals surface area (Å²) in [7, 11) is 0. The van der Waals surface area contributed by atoms with E-state index in [1.54, 1.807) is 24.3 Å². The van der Waals surface area contributed by atoms with Gasteiger partial charge in [0.15, 0.2) is 0 Å². The van der Waals surface area contributed by atoms with Gasteiger partial charge in [-0.15, -0.1) is 0 Å². The van der Waals surface area contributed by atoms with Gasteiger partial charge in [-0.25, -0.2) is 0 Å². The number of rotatable bonds is 6. The fraction of sp³-hybridized carbons (Fsp3) is 0.273. The van der Waals surface area contributed by atoms with Crippen molar-refractivity contribution < 1.29 is 14.7 Å². The molecule has 27 heavy (non-hydrogen) atoms. The molecular formula is C22H24N2O3. The molecule has 2 aromatic rings. The van der Waals surface area contributed by atoms with Crippen LogP contribution < -0.4 is 0 Å². The van der Waals surface area contributed by atoms with Crippen LogP contribution in [0.1, 0.15) is 21.5 Å². The molecule has 0 atom stereocenters. The molecule has 1 saturated heterocycles. The summed E-state index contributed by atoms with van der Waals surface area (Å²) in [6, 6.07) is 17.2. The Labute approximate surface area is 159 Å². The van der Waals surface area contributed by atoms with Crippen molar-refractivity contribution in [3.8, 4) is 0 Å². The summed E-state index contributed by atoms with van der Waals surface area (Å²) in [6.45, 7) is 3.78. The summed E-state index contributed by atoms with van der Waals surface area (Å²) >= 11 is 0. The van der Waals surface area contributed by atoms with E-state index < -0.39 is 5.97 Å². The molecule has 1 N–H and O–H groups in total. The average molecular weight is 364 g/mol. The zero-order valence-electron chi connectivity index (χ0n) is 15.3. The molecule has 0 aliphatic carbocycles. The minimum atomic E-state index is -0.926. The summed E-state index contributed by atoms with van der Waals surface area (Å²) in [6.07, 6.45) is 4.13. The number of hydrogen-bond donors (Lipinski definition) is 1. The Hall–Kier alpha value is -2.92. The highest BCUT2D eigenvalue weighted by atomic mass is 16.4. The van der Waals surface area contributed by atoms with Crippen LogP contribution in [0.3, 0.4) is 0 Å². The van der Waals surface area contributed by atoms with Crippen LogP contribution in [0.15, 0.2) is 60.7 Å². The number of carboxylic acid groups (broad SMARTS) is 1. The maximum absolute atomic E-state index is 12.8. The minimum absolute atomic E-state index is 0.0775. The summed E-state index contributed by atoms with van der Waals surface area (Å²) in [5.41, 5.74) is 2.25. The first kappa shape index (κ1) is 18.9. The second-order valence-electron chi connectivity index (χ2n) is 6.63. The lowest BCUT2D eigenvalue weighted by atomic mass is 10.0. The lowest BCUT2D eigenvalue weighted by Gasteiger charge is -2.34. The maximum Gasteiger partial charge on any atom is 0.307 e. The van der Waals surface area contributed by atoms with Crippen molar-refractivity contribution in [2.45, 2.75) is 6.42 Å². The fourth-order valence-electron chi connectivity index (χ4n) is 3.25. The Balaban J connectivity index is 1.54. The lowest BCUT2D eigenvalue weighted by Crippen LogP contribution is -2.48.